The number of halogens is 1. The van der Waals surface area contributed by atoms with Crippen molar-refractivity contribution in [3.8, 4) is 0 Å². The second-order valence-electron chi connectivity index (χ2n) is 8.38. The van der Waals surface area contributed by atoms with Gasteiger partial charge in [-0.3, -0.25) is 14.7 Å². The molecule has 7 heteroatoms. The molecule has 6 nitrogen and oxygen atoms in total. The van der Waals surface area contributed by atoms with E-state index in [0.29, 0.717) is 18.4 Å². The second-order valence-corrected chi connectivity index (χ2v) is 8.38. The topological polar surface area (TPSA) is 61.4 Å². The fraction of sp³-hybridized carbons (Fsp3) is 0.522. The number of anilines is 2. The zero-order chi connectivity index (χ0) is 20.9. The van der Waals surface area contributed by atoms with E-state index in [-0.39, 0.29) is 17.8 Å². The van der Waals surface area contributed by atoms with Crippen molar-refractivity contribution in [1.29, 1.82) is 0 Å². The third kappa shape index (κ3) is 4.95. The number of amides is 1. The average molecular weight is 412 g/mol. The summed E-state index contributed by atoms with van der Waals surface area (Å²) in [7, 11) is 1.96. The predicted molar refractivity (Wildman–Crippen MR) is 115 cm³/mol. The first-order chi connectivity index (χ1) is 14.6. The first kappa shape index (κ1) is 20.7. The van der Waals surface area contributed by atoms with Crippen molar-refractivity contribution < 1.29 is 9.18 Å². The van der Waals surface area contributed by atoms with Crippen LogP contribution in [-0.4, -0.2) is 51.9 Å². The molecule has 3 heterocycles. The molecule has 1 N–H and O–H groups in total. The fourth-order valence-electron chi connectivity index (χ4n) is 4.58. The van der Waals surface area contributed by atoms with Gasteiger partial charge in [-0.25, -0.2) is 9.37 Å². The molecule has 1 saturated carbocycles. The van der Waals surface area contributed by atoms with Crippen molar-refractivity contribution in [2.24, 2.45) is 0 Å². The highest BCUT2D eigenvalue weighted by Gasteiger charge is 2.31. The Bertz CT molecular complexity index is 836. The molecule has 0 unspecified atom stereocenters. The highest BCUT2D eigenvalue weighted by Crippen LogP contribution is 2.31. The van der Waals surface area contributed by atoms with E-state index in [1.807, 2.05) is 24.1 Å². The average Bonchev–Trinajstić information content (AvgIpc) is 3.24. The first-order valence-electron chi connectivity index (χ1n) is 10.9. The van der Waals surface area contributed by atoms with E-state index in [1.54, 1.807) is 12.3 Å². The molecule has 2 aromatic rings. The van der Waals surface area contributed by atoms with Gasteiger partial charge in [0.15, 0.2) is 0 Å². The third-order valence-electron chi connectivity index (χ3n) is 6.35. The van der Waals surface area contributed by atoms with Crippen LogP contribution in [0, 0.1) is 5.82 Å². The smallest absolute Gasteiger partial charge is 0.236 e. The molecule has 0 spiro atoms. The number of hydrogen-bond acceptors (Lipinski definition) is 5. The maximum Gasteiger partial charge on any atom is 0.236 e. The maximum absolute atomic E-state index is 13.0. The van der Waals surface area contributed by atoms with E-state index in [9.17, 15) is 9.18 Å². The van der Waals surface area contributed by atoms with Crippen LogP contribution in [-0.2, 0) is 4.79 Å². The van der Waals surface area contributed by atoms with E-state index in [1.165, 1.54) is 31.5 Å². The van der Waals surface area contributed by atoms with Crippen LogP contribution in [0.15, 0.2) is 36.7 Å². The van der Waals surface area contributed by atoms with Crippen molar-refractivity contribution in [3.63, 3.8) is 0 Å². The van der Waals surface area contributed by atoms with Crippen molar-refractivity contribution in [2.45, 2.75) is 57.0 Å². The molecular formula is C23H30FN5O. The molecule has 1 amide bonds. The summed E-state index contributed by atoms with van der Waals surface area (Å²) in [5, 5.41) is 3.13. The van der Waals surface area contributed by atoms with Gasteiger partial charge in [0.1, 0.15) is 11.6 Å². The number of nitrogens with zero attached hydrogens (tertiary/aromatic N) is 4. The lowest BCUT2D eigenvalue weighted by Gasteiger charge is -2.33. The largest absolute Gasteiger partial charge is 0.342 e. The van der Waals surface area contributed by atoms with Gasteiger partial charge in [-0.05, 0) is 56.5 Å². The standard InChI is InChI=1S/C23H30FN5O/c1-28(19-6-3-2-4-7-19)23(30)16-29-13-5-8-21(29)20-11-10-18(15-25-20)27-22-12-9-17(24)14-26-22/h9-12,14-15,19,21H,2-8,13,16H2,1H3,(H,26,27)/t21-/m0/s1. The number of hydrogen-bond donors (Lipinski definition) is 1. The van der Waals surface area contributed by atoms with Crippen molar-refractivity contribution in [1.82, 2.24) is 19.8 Å². The van der Waals surface area contributed by atoms with Crippen LogP contribution in [0.1, 0.15) is 56.7 Å². The van der Waals surface area contributed by atoms with Crippen molar-refractivity contribution >= 4 is 17.4 Å². The predicted octanol–water partition coefficient (Wildman–Crippen LogP) is 4.29. The van der Waals surface area contributed by atoms with E-state index >= 15 is 0 Å². The van der Waals surface area contributed by atoms with Crippen LogP contribution in [0.3, 0.4) is 0 Å². The van der Waals surface area contributed by atoms with Crippen LogP contribution < -0.4 is 5.32 Å². The maximum atomic E-state index is 13.0. The van der Waals surface area contributed by atoms with Gasteiger partial charge in [0.2, 0.25) is 5.91 Å². The number of aromatic nitrogens is 2. The lowest BCUT2D eigenvalue weighted by Crippen LogP contribution is -2.44. The molecule has 1 aliphatic carbocycles. The molecule has 1 saturated heterocycles. The summed E-state index contributed by atoms with van der Waals surface area (Å²) in [6.07, 6.45) is 11.1. The Morgan fingerprint density at radius 1 is 1.10 bits per heavy atom. The molecule has 160 valence electrons. The number of likely N-dealkylation sites (tertiary alicyclic amines) is 1. The second kappa shape index (κ2) is 9.51. The Hall–Kier alpha value is -2.54. The van der Waals surface area contributed by atoms with E-state index in [4.69, 9.17) is 0 Å². The monoisotopic (exact) mass is 411 g/mol. The number of pyridine rings is 2. The fourth-order valence-corrected chi connectivity index (χ4v) is 4.58. The molecule has 1 atom stereocenters. The molecular weight excluding hydrogens is 381 g/mol. The summed E-state index contributed by atoms with van der Waals surface area (Å²) in [6.45, 7) is 1.38. The summed E-state index contributed by atoms with van der Waals surface area (Å²) in [6, 6.07) is 7.50. The third-order valence-corrected chi connectivity index (χ3v) is 6.35. The molecule has 2 fully saturated rings. The van der Waals surface area contributed by atoms with Gasteiger partial charge in [-0.2, -0.15) is 0 Å². The first-order valence-corrected chi connectivity index (χ1v) is 10.9. The van der Waals surface area contributed by atoms with Gasteiger partial charge < -0.3 is 10.2 Å². The summed E-state index contributed by atoms with van der Waals surface area (Å²) in [5.74, 6) is 0.429. The molecule has 1 aliphatic heterocycles. The van der Waals surface area contributed by atoms with Crippen molar-refractivity contribution in [2.75, 3.05) is 25.5 Å². The van der Waals surface area contributed by atoms with E-state index in [0.717, 1.165) is 43.6 Å². The summed E-state index contributed by atoms with van der Waals surface area (Å²) < 4.78 is 13.0. The quantitative estimate of drug-likeness (QED) is 0.768. The van der Waals surface area contributed by atoms with Gasteiger partial charge in [0.05, 0.1) is 36.4 Å². The zero-order valence-electron chi connectivity index (χ0n) is 17.6. The van der Waals surface area contributed by atoms with E-state index in [2.05, 4.69) is 20.2 Å². The zero-order valence-corrected chi connectivity index (χ0v) is 17.6. The van der Waals surface area contributed by atoms with Crippen LogP contribution >= 0.6 is 0 Å². The lowest BCUT2D eigenvalue weighted by molar-refractivity contribution is -0.134. The van der Waals surface area contributed by atoms with Gasteiger partial charge in [0.25, 0.3) is 0 Å². The molecule has 0 radical (unpaired) electrons. The number of nitrogens with one attached hydrogen (secondary N) is 1. The van der Waals surface area contributed by atoms with Gasteiger partial charge in [-0.15, -0.1) is 0 Å². The van der Waals surface area contributed by atoms with Gasteiger partial charge >= 0.3 is 0 Å². The molecule has 0 bridgehead atoms. The Balaban J connectivity index is 1.36. The minimum atomic E-state index is -0.362. The highest BCUT2D eigenvalue weighted by molar-refractivity contribution is 5.78. The summed E-state index contributed by atoms with van der Waals surface area (Å²) in [4.78, 5) is 25.8. The van der Waals surface area contributed by atoms with E-state index < -0.39 is 0 Å². The van der Waals surface area contributed by atoms with Gasteiger partial charge in [0, 0.05) is 13.1 Å². The minimum absolute atomic E-state index is 0.173. The number of carbonyl (C=O) groups is 1. The molecule has 2 aromatic heterocycles. The van der Waals surface area contributed by atoms with Gasteiger partial charge in [-0.1, -0.05) is 19.3 Å². The molecule has 0 aromatic carbocycles. The Labute approximate surface area is 177 Å². The Morgan fingerprint density at radius 3 is 2.63 bits per heavy atom. The minimum Gasteiger partial charge on any atom is -0.342 e. The molecule has 4 rings (SSSR count). The van der Waals surface area contributed by atoms with Crippen LogP contribution in [0.4, 0.5) is 15.9 Å². The molecule has 2 aliphatic rings. The van der Waals surface area contributed by atoms with Crippen LogP contribution in [0.5, 0.6) is 0 Å². The molecule has 30 heavy (non-hydrogen) atoms. The van der Waals surface area contributed by atoms with Crippen LogP contribution in [0.25, 0.3) is 0 Å². The Morgan fingerprint density at radius 2 is 1.93 bits per heavy atom. The normalized spacial score (nSPS) is 20.3. The number of likely N-dealkylation sites (N-methyl/N-ethyl adjacent to an activating group) is 1. The highest BCUT2D eigenvalue weighted by atomic mass is 19.1. The number of rotatable bonds is 6. The Kier molecular flexibility index (Phi) is 6.57. The SMILES string of the molecule is CN(C(=O)CN1CCC[C@H]1c1ccc(Nc2ccc(F)cn2)cn1)C1CCCCC1. The van der Waals surface area contributed by atoms with Crippen LogP contribution in [0.2, 0.25) is 0 Å². The van der Waals surface area contributed by atoms with Crippen molar-refractivity contribution in [3.05, 3.63) is 48.2 Å². The lowest BCUT2D eigenvalue weighted by atomic mass is 9.94. The summed E-state index contributed by atoms with van der Waals surface area (Å²) in [5.41, 5.74) is 1.79. The number of carbonyl (C=O) groups excluding carboxylic acids is 1. The summed E-state index contributed by atoms with van der Waals surface area (Å²) >= 11 is 0.